The van der Waals surface area contributed by atoms with E-state index in [4.69, 9.17) is 6.42 Å². The number of hydrogen-bond acceptors (Lipinski definition) is 2. The second-order valence-electron chi connectivity index (χ2n) is 5.10. The molecule has 0 aliphatic heterocycles. The summed E-state index contributed by atoms with van der Waals surface area (Å²) in [6.07, 6.45) is 9.30. The van der Waals surface area contributed by atoms with Gasteiger partial charge in [0.1, 0.15) is 0 Å². The first-order chi connectivity index (χ1) is 8.58. The third kappa shape index (κ3) is 4.23. The average Bonchev–Trinajstić information content (AvgIpc) is 2.74. The minimum absolute atomic E-state index is 0.0402. The standard InChI is InChI=1S/C14H24N2O2/c1-4-7-12(5-2)15-14(18)16(3)10-11-8-6-9-13(11)17/h1,11-13,17H,5-10H2,2-3H3,(H,15,18)/t11-,12+,13-/m1/s1. The summed E-state index contributed by atoms with van der Waals surface area (Å²) in [5.74, 6) is 2.79. The monoisotopic (exact) mass is 252 g/mol. The number of nitrogens with one attached hydrogen (secondary N) is 1. The maximum Gasteiger partial charge on any atom is 0.317 e. The molecule has 4 nitrogen and oxygen atoms in total. The fraction of sp³-hybridized carbons (Fsp3) is 0.786. The van der Waals surface area contributed by atoms with E-state index in [-0.39, 0.29) is 24.1 Å². The van der Waals surface area contributed by atoms with Crippen LogP contribution in [0.2, 0.25) is 0 Å². The Kier molecular flexibility index (Phi) is 6.00. The van der Waals surface area contributed by atoms with Crippen molar-refractivity contribution in [1.82, 2.24) is 10.2 Å². The van der Waals surface area contributed by atoms with Crippen LogP contribution in [0.25, 0.3) is 0 Å². The first kappa shape index (κ1) is 14.8. The molecule has 0 radical (unpaired) electrons. The van der Waals surface area contributed by atoms with Crippen LogP contribution < -0.4 is 5.32 Å². The Labute approximate surface area is 110 Å². The quantitative estimate of drug-likeness (QED) is 0.730. The maximum atomic E-state index is 11.9. The van der Waals surface area contributed by atoms with Gasteiger partial charge in [-0.3, -0.25) is 0 Å². The lowest BCUT2D eigenvalue weighted by atomic mass is 10.1. The van der Waals surface area contributed by atoms with E-state index in [0.717, 1.165) is 25.7 Å². The molecule has 102 valence electrons. The molecule has 0 aromatic carbocycles. The van der Waals surface area contributed by atoms with Gasteiger partial charge in [-0.1, -0.05) is 13.3 Å². The zero-order valence-electron chi connectivity index (χ0n) is 11.4. The van der Waals surface area contributed by atoms with Gasteiger partial charge >= 0.3 is 6.03 Å². The third-order valence-corrected chi connectivity index (χ3v) is 3.66. The summed E-state index contributed by atoms with van der Waals surface area (Å²) in [7, 11) is 1.77. The second-order valence-corrected chi connectivity index (χ2v) is 5.10. The van der Waals surface area contributed by atoms with E-state index in [1.54, 1.807) is 11.9 Å². The van der Waals surface area contributed by atoms with Gasteiger partial charge in [0.25, 0.3) is 0 Å². The number of carbonyl (C=O) groups excluding carboxylic acids is 1. The number of rotatable bonds is 5. The van der Waals surface area contributed by atoms with E-state index < -0.39 is 0 Å². The zero-order valence-corrected chi connectivity index (χ0v) is 11.4. The highest BCUT2D eigenvalue weighted by Gasteiger charge is 2.27. The number of hydrogen-bond donors (Lipinski definition) is 2. The van der Waals surface area contributed by atoms with Crippen molar-refractivity contribution in [1.29, 1.82) is 0 Å². The molecule has 1 aliphatic carbocycles. The average molecular weight is 252 g/mol. The lowest BCUT2D eigenvalue weighted by Gasteiger charge is -2.25. The molecular formula is C14H24N2O2. The highest BCUT2D eigenvalue weighted by molar-refractivity contribution is 5.74. The van der Waals surface area contributed by atoms with Crippen molar-refractivity contribution in [3.05, 3.63) is 0 Å². The second kappa shape index (κ2) is 7.27. The van der Waals surface area contributed by atoms with Crippen molar-refractivity contribution >= 4 is 6.03 Å². The number of aliphatic hydroxyl groups is 1. The van der Waals surface area contributed by atoms with Crippen LogP contribution in [0.1, 0.15) is 39.0 Å². The molecule has 2 amide bonds. The summed E-state index contributed by atoms with van der Waals surface area (Å²) >= 11 is 0. The van der Waals surface area contributed by atoms with Crippen LogP contribution in [-0.2, 0) is 0 Å². The van der Waals surface area contributed by atoms with Crippen LogP contribution >= 0.6 is 0 Å². The summed E-state index contributed by atoms with van der Waals surface area (Å²) in [5, 5.41) is 12.7. The van der Waals surface area contributed by atoms with Crippen LogP contribution in [-0.4, -0.2) is 41.8 Å². The van der Waals surface area contributed by atoms with Gasteiger partial charge in [0.15, 0.2) is 0 Å². The van der Waals surface area contributed by atoms with Gasteiger partial charge < -0.3 is 15.3 Å². The van der Waals surface area contributed by atoms with Crippen molar-refractivity contribution < 1.29 is 9.90 Å². The Morgan fingerprint density at radius 1 is 1.61 bits per heavy atom. The molecule has 4 heteroatoms. The molecule has 0 unspecified atom stereocenters. The lowest BCUT2D eigenvalue weighted by molar-refractivity contribution is 0.113. The first-order valence-electron chi connectivity index (χ1n) is 6.71. The number of urea groups is 1. The molecular weight excluding hydrogens is 228 g/mol. The highest BCUT2D eigenvalue weighted by Crippen LogP contribution is 2.25. The van der Waals surface area contributed by atoms with Crippen LogP contribution in [0.3, 0.4) is 0 Å². The number of amides is 2. The molecule has 1 saturated carbocycles. The predicted molar refractivity (Wildman–Crippen MR) is 72.0 cm³/mol. The van der Waals surface area contributed by atoms with Crippen molar-refractivity contribution in [2.75, 3.05) is 13.6 Å². The molecule has 1 rings (SSSR count). The van der Waals surface area contributed by atoms with Gasteiger partial charge in [0.05, 0.1) is 6.10 Å². The lowest BCUT2D eigenvalue weighted by Crippen LogP contribution is -2.45. The van der Waals surface area contributed by atoms with Gasteiger partial charge in [-0.05, 0) is 19.3 Å². The van der Waals surface area contributed by atoms with Crippen molar-refractivity contribution in [3.8, 4) is 12.3 Å². The van der Waals surface area contributed by atoms with E-state index in [1.807, 2.05) is 6.92 Å². The first-order valence-corrected chi connectivity index (χ1v) is 6.71. The van der Waals surface area contributed by atoms with Gasteiger partial charge in [0, 0.05) is 32.0 Å². The largest absolute Gasteiger partial charge is 0.393 e. The van der Waals surface area contributed by atoms with Gasteiger partial charge in [-0.15, -0.1) is 12.3 Å². The molecule has 0 heterocycles. The Bertz CT molecular complexity index is 311. The zero-order chi connectivity index (χ0) is 13.5. The SMILES string of the molecule is C#CC[C@H](CC)NC(=O)N(C)C[C@H]1CCC[C@H]1O. The highest BCUT2D eigenvalue weighted by atomic mass is 16.3. The fourth-order valence-electron chi connectivity index (χ4n) is 2.39. The Hall–Kier alpha value is -1.21. The van der Waals surface area contributed by atoms with E-state index in [1.165, 1.54) is 0 Å². The smallest absolute Gasteiger partial charge is 0.317 e. The topological polar surface area (TPSA) is 52.6 Å². The van der Waals surface area contributed by atoms with E-state index >= 15 is 0 Å². The van der Waals surface area contributed by atoms with Crippen LogP contribution in [0.4, 0.5) is 4.79 Å². The number of terminal acetylenes is 1. The number of aliphatic hydroxyl groups excluding tert-OH is 1. The summed E-state index contributed by atoms with van der Waals surface area (Å²) in [6.45, 7) is 2.61. The molecule has 18 heavy (non-hydrogen) atoms. The van der Waals surface area contributed by atoms with Crippen LogP contribution in [0.5, 0.6) is 0 Å². The molecule has 1 fully saturated rings. The maximum absolute atomic E-state index is 11.9. The van der Waals surface area contributed by atoms with E-state index in [0.29, 0.717) is 13.0 Å². The Morgan fingerprint density at radius 3 is 2.83 bits per heavy atom. The Morgan fingerprint density at radius 2 is 2.33 bits per heavy atom. The third-order valence-electron chi connectivity index (χ3n) is 3.66. The van der Waals surface area contributed by atoms with Gasteiger partial charge in [0.2, 0.25) is 0 Å². The fourth-order valence-corrected chi connectivity index (χ4v) is 2.39. The molecule has 3 atom stereocenters. The molecule has 2 N–H and O–H groups in total. The molecule has 0 aromatic rings. The van der Waals surface area contributed by atoms with Crippen LogP contribution in [0.15, 0.2) is 0 Å². The minimum Gasteiger partial charge on any atom is -0.393 e. The summed E-state index contributed by atoms with van der Waals surface area (Å²) < 4.78 is 0. The van der Waals surface area contributed by atoms with Gasteiger partial charge in [-0.2, -0.15) is 0 Å². The Balaban J connectivity index is 2.38. The molecule has 1 aliphatic rings. The van der Waals surface area contributed by atoms with Crippen molar-refractivity contribution in [3.63, 3.8) is 0 Å². The number of nitrogens with zero attached hydrogens (tertiary/aromatic N) is 1. The normalized spacial score (nSPS) is 24.3. The van der Waals surface area contributed by atoms with Crippen molar-refractivity contribution in [2.24, 2.45) is 5.92 Å². The van der Waals surface area contributed by atoms with E-state index in [9.17, 15) is 9.90 Å². The summed E-state index contributed by atoms with van der Waals surface area (Å²) in [4.78, 5) is 13.6. The van der Waals surface area contributed by atoms with E-state index in [2.05, 4.69) is 11.2 Å². The molecule has 0 bridgehead atoms. The molecule has 0 aromatic heterocycles. The van der Waals surface area contributed by atoms with Gasteiger partial charge in [-0.25, -0.2) is 4.79 Å². The van der Waals surface area contributed by atoms with Crippen LogP contribution in [0, 0.1) is 18.3 Å². The summed E-state index contributed by atoms with van der Waals surface area (Å²) in [5.41, 5.74) is 0. The minimum atomic E-state index is -0.257. The van der Waals surface area contributed by atoms with Crippen molar-refractivity contribution in [2.45, 2.75) is 51.2 Å². The molecule has 0 saturated heterocycles. The predicted octanol–water partition coefficient (Wildman–Crippen LogP) is 1.59. The summed E-state index contributed by atoms with van der Waals surface area (Å²) in [6, 6.07) is -0.0605. The number of carbonyl (C=O) groups is 1. The molecule has 0 spiro atoms.